The molecule has 2 fully saturated rings. The first-order valence-corrected chi connectivity index (χ1v) is 10.5. The standard InChI is InChI=1S/C21H30ClN3O2/c1-3-19-9-4-5-10-25(19)20(26)16(2)23-11-13-24(14-12-23)21(27)17-7-6-8-18(22)15-17/h6-8,15-16,19H,3-5,9-14H2,1-2H3. The molecule has 5 nitrogen and oxygen atoms in total. The molecule has 0 spiro atoms. The normalized spacial score (nSPS) is 22.6. The number of benzene rings is 1. The first kappa shape index (κ1) is 20.2. The van der Waals surface area contributed by atoms with Crippen molar-refractivity contribution in [1.29, 1.82) is 0 Å². The molecule has 2 atom stereocenters. The Labute approximate surface area is 167 Å². The Balaban J connectivity index is 1.56. The fourth-order valence-corrected chi connectivity index (χ4v) is 4.42. The lowest BCUT2D eigenvalue weighted by atomic mass is 9.99. The van der Waals surface area contributed by atoms with Crippen LogP contribution in [0.1, 0.15) is 49.9 Å². The molecule has 2 saturated heterocycles. The van der Waals surface area contributed by atoms with Crippen LogP contribution in [-0.2, 0) is 4.79 Å². The van der Waals surface area contributed by atoms with E-state index < -0.39 is 0 Å². The molecule has 1 aromatic carbocycles. The van der Waals surface area contributed by atoms with Crippen molar-refractivity contribution in [3.05, 3.63) is 34.9 Å². The number of rotatable bonds is 4. The Bertz CT molecular complexity index is 673. The molecule has 0 saturated carbocycles. The molecule has 148 valence electrons. The second kappa shape index (κ2) is 9.07. The van der Waals surface area contributed by atoms with E-state index in [0.29, 0.717) is 29.7 Å². The third kappa shape index (κ3) is 4.64. The second-order valence-electron chi connectivity index (χ2n) is 7.60. The number of hydrogen-bond acceptors (Lipinski definition) is 3. The summed E-state index contributed by atoms with van der Waals surface area (Å²) >= 11 is 6.00. The van der Waals surface area contributed by atoms with E-state index in [4.69, 9.17) is 11.6 Å². The van der Waals surface area contributed by atoms with Gasteiger partial charge in [-0.3, -0.25) is 14.5 Å². The number of piperidine rings is 1. The Hall–Kier alpha value is -1.59. The molecule has 27 heavy (non-hydrogen) atoms. The number of carbonyl (C=O) groups is 2. The second-order valence-corrected chi connectivity index (χ2v) is 8.04. The van der Waals surface area contributed by atoms with Gasteiger partial charge in [0, 0.05) is 49.4 Å². The largest absolute Gasteiger partial charge is 0.338 e. The fourth-order valence-electron chi connectivity index (χ4n) is 4.23. The zero-order chi connectivity index (χ0) is 19.4. The van der Waals surface area contributed by atoms with E-state index in [9.17, 15) is 9.59 Å². The van der Waals surface area contributed by atoms with E-state index >= 15 is 0 Å². The van der Waals surface area contributed by atoms with E-state index in [1.165, 1.54) is 6.42 Å². The van der Waals surface area contributed by atoms with Gasteiger partial charge in [0.05, 0.1) is 6.04 Å². The number of nitrogens with zero attached hydrogens (tertiary/aromatic N) is 3. The molecule has 0 N–H and O–H groups in total. The van der Waals surface area contributed by atoms with Gasteiger partial charge in [-0.2, -0.15) is 0 Å². The number of likely N-dealkylation sites (tertiary alicyclic amines) is 1. The van der Waals surface area contributed by atoms with E-state index in [1.54, 1.807) is 24.3 Å². The van der Waals surface area contributed by atoms with Crippen LogP contribution in [0.5, 0.6) is 0 Å². The highest BCUT2D eigenvalue weighted by atomic mass is 35.5. The summed E-state index contributed by atoms with van der Waals surface area (Å²) in [5.41, 5.74) is 0.624. The summed E-state index contributed by atoms with van der Waals surface area (Å²) in [6.07, 6.45) is 4.48. The average Bonchev–Trinajstić information content (AvgIpc) is 2.72. The van der Waals surface area contributed by atoms with Crippen LogP contribution in [0, 0.1) is 0 Å². The van der Waals surface area contributed by atoms with Gasteiger partial charge in [-0.25, -0.2) is 0 Å². The minimum absolute atomic E-state index is 0.0122. The van der Waals surface area contributed by atoms with Crippen molar-refractivity contribution in [2.75, 3.05) is 32.7 Å². The van der Waals surface area contributed by atoms with Gasteiger partial charge >= 0.3 is 0 Å². The Kier molecular flexibility index (Phi) is 6.77. The van der Waals surface area contributed by atoms with Crippen LogP contribution in [0.3, 0.4) is 0 Å². The van der Waals surface area contributed by atoms with Crippen molar-refractivity contribution in [1.82, 2.24) is 14.7 Å². The van der Waals surface area contributed by atoms with Crippen molar-refractivity contribution in [3.63, 3.8) is 0 Å². The van der Waals surface area contributed by atoms with Crippen LogP contribution in [0.2, 0.25) is 5.02 Å². The molecular weight excluding hydrogens is 362 g/mol. The van der Waals surface area contributed by atoms with Crippen LogP contribution in [-0.4, -0.2) is 71.3 Å². The van der Waals surface area contributed by atoms with Gasteiger partial charge in [0.25, 0.3) is 5.91 Å². The molecule has 2 heterocycles. The highest BCUT2D eigenvalue weighted by molar-refractivity contribution is 6.30. The van der Waals surface area contributed by atoms with Crippen molar-refractivity contribution in [3.8, 4) is 0 Å². The van der Waals surface area contributed by atoms with Crippen LogP contribution < -0.4 is 0 Å². The summed E-state index contributed by atoms with van der Waals surface area (Å²) in [4.78, 5) is 31.9. The molecule has 2 aliphatic heterocycles. The van der Waals surface area contributed by atoms with Gasteiger partial charge < -0.3 is 9.80 Å². The lowest BCUT2D eigenvalue weighted by molar-refractivity contribution is -0.140. The predicted molar refractivity (Wildman–Crippen MR) is 108 cm³/mol. The molecular formula is C21H30ClN3O2. The molecule has 6 heteroatoms. The molecule has 0 aromatic heterocycles. The number of halogens is 1. The number of piperazine rings is 1. The number of amides is 2. The quantitative estimate of drug-likeness (QED) is 0.791. The van der Waals surface area contributed by atoms with Crippen LogP contribution in [0.15, 0.2) is 24.3 Å². The minimum atomic E-state index is -0.124. The maximum atomic E-state index is 13.0. The summed E-state index contributed by atoms with van der Waals surface area (Å²) in [7, 11) is 0. The smallest absolute Gasteiger partial charge is 0.253 e. The summed E-state index contributed by atoms with van der Waals surface area (Å²) in [5.74, 6) is 0.259. The van der Waals surface area contributed by atoms with E-state index in [1.807, 2.05) is 11.8 Å². The van der Waals surface area contributed by atoms with E-state index in [2.05, 4.69) is 16.7 Å². The zero-order valence-electron chi connectivity index (χ0n) is 16.4. The third-order valence-electron chi connectivity index (χ3n) is 5.96. The topological polar surface area (TPSA) is 43.9 Å². The summed E-state index contributed by atoms with van der Waals surface area (Å²) in [6.45, 7) is 7.79. The zero-order valence-corrected chi connectivity index (χ0v) is 17.1. The van der Waals surface area contributed by atoms with Gasteiger partial charge in [-0.1, -0.05) is 24.6 Å². The number of hydrogen-bond donors (Lipinski definition) is 0. The number of carbonyl (C=O) groups excluding carboxylic acids is 2. The van der Waals surface area contributed by atoms with Crippen LogP contribution in [0.4, 0.5) is 0 Å². The molecule has 0 radical (unpaired) electrons. The molecule has 2 unspecified atom stereocenters. The van der Waals surface area contributed by atoms with Crippen molar-refractivity contribution >= 4 is 23.4 Å². The minimum Gasteiger partial charge on any atom is -0.338 e. The van der Waals surface area contributed by atoms with Gasteiger partial charge in [0.2, 0.25) is 5.91 Å². The fraction of sp³-hybridized carbons (Fsp3) is 0.619. The lowest BCUT2D eigenvalue weighted by Gasteiger charge is -2.42. The van der Waals surface area contributed by atoms with Gasteiger partial charge in [-0.05, 0) is 50.8 Å². The maximum Gasteiger partial charge on any atom is 0.253 e. The van der Waals surface area contributed by atoms with Crippen molar-refractivity contribution < 1.29 is 9.59 Å². The maximum absolute atomic E-state index is 13.0. The lowest BCUT2D eigenvalue weighted by Crippen LogP contribution is -2.57. The molecule has 0 bridgehead atoms. The SMILES string of the molecule is CCC1CCCCN1C(=O)C(C)N1CCN(C(=O)c2cccc(Cl)c2)CC1. The van der Waals surface area contributed by atoms with Crippen molar-refractivity contribution in [2.45, 2.75) is 51.6 Å². The van der Waals surface area contributed by atoms with Gasteiger partial charge in [-0.15, -0.1) is 0 Å². The predicted octanol–water partition coefficient (Wildman–Crippen LogP) is 3.28. The van der Waals surface area contributed by atoms with Crippen molar-refractivity contribution in [2.24, 2.45) is 0 Å². The first-order chi connectivity index (χ1) is 13.0. The summed E-state index contributed by atoms with van der Waals surface area (Å²) < 4.78 is 0. The van der Waals surface area contributed by atoms with Gasteiger partial charge in [0.1, 0.15) is 0 Å². The average molecular weight is 392 g/mol. The molecule has 2 amide bonds. The van der Waals surface area contributed by atoms with E-state index in [-0.39, 0.29) is 17.9 Å². The molecule has 3 rings (SSSR count). The molecule has 2 aliphatic rings. The Morgan fingerprint density at radius 3 is 2.56 bits per heavy atom. The first-order valence-electron chi connectivity index (χ1n) is 10.1. The highest BCUT2D eigenvalue weighted by Crippen LogP contribution is 2.22. The third-order valence-corrected chi connectivity index (χ3v) is 6.19. The van der Waals surface area contributed by atoms with Gasteiger partial charge in [0.15, 0.2) is 0 Å². The Morgan fingerprint density at radius 1 is 1.15 bits per heavy atom. The van der Waals surface area contributed by atoms with Crippen LogP contribution in [0.25, 0.3) is 0 Å². The highest BCUT2D eigenvalue weighted by Gasteiger charge is 2.33. The molecule has 0 aliphatic carbocycles. The van der Waals surface area contributed by atoms with E-state index in [0.717, 1.165) is 38.9 Å². The van der Waals surface area contributed by atoms with Crippen LogP contribution >= 0.6 is 11.6 Å². The molecule has 1 aromatic rings. The monoisotopic (exact) mass is 391 g/mol. The summed E-state index contributed by atoms with van der Waals surface area (Å²) in [6, 6.07) is 7.35. The summed E-state index contributed by atoms with van der Waals surface area (Å²) in [5, 5.41) is 0.575. The Morgan fingerprint density at radius 2 is 1.89 bits per heavy atom.